The second kappa shape index (κ2) is 3.52. The molecule has 1 aliphatic heterocycles. The lowest BCUT2D eigenvalue weighted by atomic mass is 9.48. The standard InChI is InChI=1S/C16H28O2/c1-10-6-7-12-15(4,17)9-8-11-14(2,3)18-13(10)16(11,12)5/h10-13,17H,6-9H2,1-5H3/t10-,11-,12-,13-,15+,16-/m0/s1. The molecule has 0 amide bonds. The molecule has 0 unspecified atom stereocenters. The second-order valence-corrected chi connectivity index (χ2v) is 8.06. The first-order valence-corrected chi connectivity index (χ1v) is 7.60. The normalized spacial score (nSPS) is 58.3. The van der Waals surface area contributed by atoms with Crippen molar-refractivity contribution in [2.75, 3.05) is 0 Å². The van der Waals surface area contributed by atoms with Gasteiger partial charge in [-0.2, -0.15) is 0 Å². The number of hydrogen-bond acceptors (Lipinski definition) is 2. The first-order chi connectivity index (χ1) is 8.19. The van der Waals surface area contributed by atoms with Crippen molar-refractivity contribution in [2.24, 2.45) is 23.2 Å². The van der Waals surface area contributed by atoms with Crippen LogP contribution in [-0.2, 0) is 4.74 Å². The van der Waals surface area contributed by atoms with Crippen LogP contribution in [0.15, 0.2) is 0 Å². The molecule has 18 heavy (non-hydrogen) atoms. The van der Waals surface area contributed by atoms with Gasteiger partial charge >= 0.3 is 0 Å². The molecule has 0 radical (unpaired) electrons. The molecule has 2 saturated carbocycles. The summed E-state index contributed by atoms with van der Waals surface area (Å²) >= 11 is 0. The zero-order valence-corrected chi connectivity index (χ0v) is 12.5. The van der Waals surface area contributed by atoms with Crippen LogP contribution < -0.4 is 0 Å². The van der Waals surface area contributed by atoms with Crippen molar-refractivity contribution in [1.29, 1.82) is 0 Å². The van der Waals surface area contributed by atoms with Crippen molar-refractivity contribution in [2.45, 2.75) is 77.6 Å². The van der Waals surface area contributed by atoms with Gasteiger partial charge in [0.25, 0.3) is 0 Å². The summed E-state index contributed by atoms with van der Waals surface area (Å²) in [6.07, 6.45) is 4.74. The molecule has 3 rings (SSSR count). The number of hydrogen-bond donors (Lipinski definition) is 1. The summed E-state index contributed by atoms with van der Waals surface area (Å²) in [4.78, 5) is 0. The van der Waals surface area contributed by atoms with E-state index in [-0.39, 0.29) is 11.0 Å². The Hall–Kier alpha value is -0.0800. The molecule has 2 aliphatic carbocycles. The minimum atomic E-state index is -0.493. The lowest BCUT2D eigenvalue weighted by Crippen LogP contribution is -2.59. The highest BCUT2D eigenvalue weighted by Crippen LogP contribution is 2.66. The van der Waals surface area contributed by atoms with E-state index in [1.807, 2.05) is 0 Å². The molecule has 1 saturated heterocycles. The highest BCUT2D eigenvalue weighted by atomic mass is 16.5. The molecule has 3 fully saturated rings. The van der Waals surface area contributed by atoms with E-state index >= 15 is 0 Å². The van der Waals surface area contributed by atoms with Gasteiger partial charge in [0, 0.05) is 5.41 Å². The van der Waals surface area contributed by atoms with E-state index in [0.717, 1.165) is 19.3 Å². The molecule has 0 spiro atoms. The van der Waals surface area contributed by atoms with E-state index < -0.39 is 5.60 Å². The Balaban J connectivity index is 2.08. The van der Waals surface area contributed by atoms with Gasteiger partial charge in [0.1, 0.15) is 0 Å². The molecule has 1 heterocycles. The number of aliphatic hydroxyl groups is 1. The topological polar surface area (TPSA) is 29.5 Å². The third-order valence-electron chi connectivity index (χ3n) is 6.50. The monoisotopic (exact) mass is 252 g/mol. The van der Waals surface area contributed by atoms with E-state index in [1.165, 1.54) is 6.42 Å². The first kappa shape index (κ1) is 12.9. The van der Waals surface area contributed by atoms with Crippen LogP contribution >= 0.6 is 0 Å². The van der Waals surface area contributed by atoms with Crippen molar-refractivity contribution in [1.82, 2.24) is 0 Å². The summed E-state index contributed by atoms with van der Waals surface area (Å²) in [5.74, 6) is 1.64. The molecule has 0 aromatic carbocycles. The minimum absolute atomic E-state index is 0.0211. The van der Waals surface area contributed by atoms with Gasteiger partial charge < -0.3 is 9.84 Å². The molecule has 2 nitrogen and oxygen atoms in total. The zero-order chi connectivity index (χ0) is 13.3. The van der Waals surface area contributed by atoms with Gasteiger partial charge in [0.2, 0.25) is 0 Å². The fourth-order valence-corrected chi connectivity index (χ4v) is 5.80. The van der Waals surface area contributed by atoms with Crippen molar-refractivity contribution in [3.8, 4) is 0 Å². The molecule has 2 heteroatoms. The van der Waals surface area contributed by atoms with E-state index in [1.54, 1.807) is 0 Å². The van der Waals surface area contributed by atoms with Gasteiger partial charge in [-0.15, -0.1) is 0 Å². The average molecular weight is 252 g/mol. The molecular weight excluding hydrogens is 224 g/mol. The van der Waals surface area contributed by atoms with Gasteiger partial charge in [0.15, 0.2) is 0 Å². The quantitative estimate of drug-likeness (QED) is 0.716. The largest absolute Gasteiger partial charge is 0.390 e. The summed E-state index contributed by atoms with van der Waals surface area (Å²) < 4.78 is 6.46. The molecule has 6 atom stereocenters. The van der Waals surface area contributed by atoms with Crippen molar-refractivity contribution < 1.29 is 9.84 Å². The van der Waals surface area contributed by atoms with Gasteiger partial charge in [-0.3, -0.25) is 0 Å². The van der Waals surface area contributed by atoms with Crippen molar-refractivity contribution >= 4 is 0 Å². The molecule has 0 aromatic heterocycles. The summed E-state index contributed by atoms with van der Waals surface area (Å²) in [6.45, 7) is 11.3. The fourth-order valence-electron chi connectivity index (χ4n) is 5.80. The molecule has 1 N–H and O–H groups in total. The zero-order valence-electron chi connectivity index (χ0n) is 12.5. The van der Waals surface area contributed by atoms with Crippen molar-refractivity contribution in [3.63, 3.8) is 0 Å². The van der Waals surface area contributed by atoms with Gasteiger partial charge in [-0.05, 0) is 64.2 Å². The van der Waals surface area contributed by atoms with Crippen LogP contribution in [0.1, 0.15) is 60.3 Å². The van der Waals surface area contributed by atoms with Gasteiger partial charge in [0.05, 0.1) is 17.3 Å². The fraction of sp³-hybridized carbons (Fsp3) is 1.00. The lowest BCUT2D eigenvalue weighted by Gasteiger charge is -2.57. The van der Waals surface area contributed by atoms with Crippen LogP contribution in [0, 0.1) is 23.2 Å². The lowest BCUT2D eigenvalue weighted by molar-refractivity contribution is -0.158. The molecule has 3 aliphatic rings. The van der Waals surface area contributed by atoms with E-state index in [2.05, 4.69) is 34.6 Å². The summed E-state index contributed by atoms with van der Waals surface area (Å²) in [7, 11) is 0. The SMILES string of the molecule is C[C@H]1CC[C@@H]2[C@@]3(C)[C@H]1OC(C)(C)[C@@H]3CC[C@@]2(C)O. The Morgan fingerprint density at radius 2 is 1.67 bits per heavy atom. The number of ether oxygens (including phenoxy) is 1. The Bertz CT molecular complexity index is 360. The Morgan fingerprint density at radius 1 is 1.00 bits per heavy atom. The summed E-state index contributed by atoms with van der Waals surface area (Å²) in [6, 6.07) is 0. The van der Waals surface area contributed by atoms with Crippen LogP contribution in [0.2, 0.25) is 0 Å². The number of rotatable bonds is 0. The smallest absolute Gasteiger partial charge is 0.0669 e. The van der Waals surface area contributed by atoms with E-state index in [4.69, 9.17) is 4.74 Å². The maximum absolute atomic E-state index is 10.8. The van der Waals surface area contributed by atoms with Gasteiger partial charge in [-0.1, -0.05) is 13.8 Å². The highest BCUT2D eigenvalue weighted by molar-refractivity contribution is 5.15. The first-order valence-electron chi connectivity index (χ1n) is 7.60. The van der Waals surface area contributed by atoms with E-state index in [9.17, 15) is 5.11 Å². The van der Waals surface area contributed by atoms with Crippen LogP contribution in [0.4, 0.5) is 0 Å². The summed E-state index contributed by atoms with van der Waals surface area (Å²) in [5, 5.41) is 10.8. The predicted octanol–water partition coefficient (Wildman–Crippen LogP) is 3.38. The van der Waals surface area contributed by atoms with Crippen LogP contribution in [0.25, 0.3) is 0 Å². The minimum Gasteiger partial charge on any atom is -0.390 e. The van der Waals surface area contributed by atoms with Crippen LogP contribution in [-0.4, -0.2) is 22.4 Å². The molecular formula is C16H28O2. The Labute approximate surface area is 111 Å². The van der Waals surface area contributed by atoms with Gasteiger partial charge in [-0.25, -0.2) is 0 Å². The Kier molecular flexibility index (Phi) is 2.53. The molecule has 0 aromatic rings. The summed E-state index contributed by atoms with van der Waals surface area (Å²) in [5.41, 5.74) is -0.344. The maximum Gasteiger partial charge on any atom is 0.0669 e. The highest BCUT2D eigenvalue weighted by Gasteiger charge is 2.67. The predicted molar refractivity (Wildman–Crippen MR) is 72.3 cm³/mol. The third-order valence-corrected chi connectivity index (χ3v) is 6.50. The molecule has 0 bridgehead atoms. The maximum atomic E-state index is 10.8. The van der Waals surface area contributed by atoms with Crippen LogP contribution in [0.3, 0.4) is 0 Å². The average Bonchev–Trinajstić information content (AvgIpc) is 2.43. The Morgan fingerprint density at radius 3 is 2.33 bits per heavy atom. The molecule has 104 valence electrons. The van der Waals surface area contributed by atoms with Crippen LogP contribution in [0.5, 0.6) is 0 Å². The second-order valence-electron chi connectivity index (χ2n) is 8.06. The van der Waals surface area contributed by atoms with E-state index in [0.29, 0.717) is 23.9 Å². The third kappa shape index (κ3) is 1.42. The van der Waals surface area contributed by atoms with Crippen molar-refractivity contribution in [3.05, 3.63) is 0 Å².